The van der Waals surface area contributed by atoms with E-state index in [0.717, 1.165) is 22.8 Å². The van der Waals surface area contributed by atoms with Crippen molar-refractivity contribution in [3.63, 3.8) is 0 Å². The molecule has 17 heavy (non-hydrogen) atoms. The number of rotatable bonds is 2. The molecule has 1 fully saturated rings. The van der Waals surface area contributed by atoms with E-state index in [1.54, 1.807) is 0 Å². The first kappa shape index (κ1) is 13.1. The Morgan fingerprint density at radius 1 is 1.35 bits per heavy atom. The molecule has 0 spiro atoms. The summed E-state index contributed by atoms with van der Waals surface area (Å²) in [6.07, 6.45) is 4.31. The lowest BCUT2D eigenvalue weighted by Crippen LogP contribution is -2.42. The van der Waals surface area contributed by atoms with Crippen molar-refractivity contribution in [2.75, 3.05) is 0 Å². The van der Waals surface area contributed by atoms with E-state index >= 15 is 0 Å². The molecule has 0 heterocycles. The van der Waals surface area contributed by atoms with Crippen molar-refractivity contribution in [2.45, 2.75) is 37.1 Å². The van der Waals surface area contributed by atoms with E-state index in [2.05, 4.69) is 27.9 Å². The van der Waals surface area contributed by atoms with E-state index in [9.17, 15) is 4.79 Å². The molecule has 1 aliphatic carbocycles. The fraction of sp³-hybridized carbons (Fsp3) is 0.462. The average Bonchev–Trinajstić information content (AvgIpc) is 2.32. The van der Waals surface area contributed by atoms with Crippen LogP contribution in [0, 0.1) is 3.57 Å². The zero-order chi connectivity index (χ0) is 12.3. The molecule has 4 heteroatoms. The number of amides is 1. The Balaban J connectivity index is 2.01. The zero-order valence-corrected chi connectivity index (χ0v) is 12.4. The van der Waals surface area contributed by atoms with Gasteiger partial charge in [0, 0.05) is 15.2 Å². The number of carbonyl (C=O) groups excluding carboxylic acids is 1. The maximum Gasteiger partial charge on any atom is 0.251 e. The summed E-state index contributed by atoms with van der Waals surface area (Å²) in [7, 11) is 0. The number of carbonyl (C=O) groups is 1. The SMILES string of the molecule is O=C(NC1CCCCC1Cl)c1cccc(I)c1. The number of hydrogen-bond donors (Lipinski definition) is 1. The van der Waals surface area contributed by atoms with Gasteiger partial charge in [-0.3, -0.25) is 4.79 Å². The minimum atomic E-state index is -0.0129. The molecule has 2 atom stereocenters. The largest absolute Gasteiger partial charge is 0.348 e. The lowest BCUT2D eigenvalue weighted by molar-refractivity contribution is 0.0928. The zero-order valence-electron chi connectivity index (χ0n) is 9.46. The van der Waals surface area contributed by atoms with Crippen LogP contribution < -0.4 is 5.32 Å². The summed E-state index contributed by atoms with van der Waals surface area (Å²) < 4.78 is 1.07. The first-order valence-corrected chi connectivity index (χ1v) is 7.39. The summed E-state index contributed by atoms with van der Waals surface area (Å²) in [6.45, 7) is 0. The van der Waals surface area contributed by atoms with Crippen LogP contribution >= 0.6 is 34.2 Å². The Kier molecular flexibility index (Phi) is 4.68. The first-order chi connectivity index (χ1) is 8.16. The van der Waals surface area contributed by atoms with Gasteiger partial charge in [0.15, 0.2) is 0 Å². The Morgan fingerprint density at radius 2 is 2.12 bits per heavy atom. The van der Waals surface area contributed by atoms with Crippen molar-refractivity contribution in [3.8, 4) is 0 Å². The second-order valence-electron chi connectivity index (χ2n) is 4.39. The number of hydrogen-bond acceptors (Lipinski definition) is 1. The highest BCUT2D eigenvalue weighted by molar-refractivity contribution is 14.1. The predicted octanol–water partition coefficient (Wildman–Crippen LogP) is 3.57. The van der Waals surface area contributed by atoms with E-state index in [-0.39, 0.29) is 17.3 Å². The molecule has 2 nitrogen and oxygen atoms in total. The molecule has 0 aromatic heterocycles. The van der Waals surface area contributed by atoms with Crippen molar-refractivity contribution in [3.05, 3.63) is 33.4 Å². The van der Waals surface area contributed by atoms with E-state index in [4.69, 9.17) is 11.6 Å². The van der Waals surface area contributed by atoms with Crippen LogP contribution in [0.5, 0.6) is 0 Å². The van der Waals surface area contributed by atoms with Gasteiger partial charge in [-0.15, -0.1) is 11.6 Å². The molecule has 1 amide bonds. The van der Waals surface area contributed by atoms with Crippen LogP contribution in [0.3, 0.4) is 0 Å². The van der Waals surface area contributed by atoms with Crippen LogP contribution in [-0.2, 0) is 0 Å². The van der Waals surface area contributed by atoms with E-state index in [0.29, 0.717) is 5.56 Å². The molecule has 0 saturated heterocycles. The molecule has 1 aromatic rings. The average molecular weight is 364 g/mol. The second-order valence-corrected chi connectivity index (χ2v) is 6.20. The van der Waals surface area contributed by atoms with Crippen LogP contribution in [0.1, 0.15) is 36.0 Å². The molecule has 2 unspecified atom stereocenters. The molecule has 1 aromatic carbocycles. The van der Waals surface area contributed by atoms with Gasteiger partial charge >= 0.3 is 0 Å². The van der Waals surface area contributed by atoms with Gasteiger partial charge in [0.1, 0.15) is 0 Å². The highest BCUT2D eigenvalue weighted by Gasteiger charge is 2.24. The number of nitrogens with one attached hydrogen (secondary N) is 1. The summed E-state index contributed by atoms with van der Waals surface area (Å²) >= 11 is 8.44. The molecule has 0 bridgehead atoms. The summed E-state index contributed by atoms with van der Waals surface area (Å²) in [5, 5.41) is 3.12. The Labute approximate surface area is 120 Å². The number of alkyl halides is 1. The molecule has 1 saturated carbocycles. The summed E-state index contributed by atoms with van der Waals surface area (Å²) in [4.78, 5) is 12.0. The van der Waals surface area contributed by atoms with E-state index < -0.39 is 0 Å². The van der Waals surface area contributed by atoms with Crippen molar-refractivity contribution in [2.24, 2.45) is 0 Å². The normalized spacial score (nSPS) is 24.4. The van der Waals surface area contributed by atoms with Crippen LogP contribution in [0.2, 0.25) is 0 Å². The van der Waals surface area contributed by atoms with Gasteiger partial charge < -0.3 is 5.32 Å². The molecule has 1 aliphatic rings. The van der Waals surface area contributed by atoms with E-state index in [1.165, 1.54) is 6.42 Å². The van der Waals surface area contributed by atoms with E-state index in [1.807, 2.05) is 24.3 Å². The predicted molar refractivity (Wildman–Crippen MR) is 78.5 cm³/mol. The molecule has 2 rings (SSSR count). The molecule has 0 radical (unpaired) electrons. The van der Waals surface area contributed by atoms with Gasteiger partial charge in [-0.2, -0.15) is 0 Å². The Bertz CT molecular complexity index is 410. The second kappa shape index (κ2) is 6.05. The minimum absolute atomic E-state index is 0.0129. The van der Waals surface area contributed by atoms with Crippen LogP contribution in [-0.4, -0.2) is 17.3 Å². The van der Waals surface area contributed by atoms with Gasteiger partial charge in [-0.05, 0) is 53.6 Å². The monoisotopic (exact) mass is 363 g/mol. The third-order valence-corrected chi connectivity index (χ3v) is 4.28. The number of halogens is 2. The Hall–Kier alpha value is -0.290. The van der Waals surface area contributed by atoms with Crippen molar-refractivity contribution in [1.82, 2.24) is 5.32 Å². The lowest BCUT2D eigenvalue weighted by Gasteiger charge is -2.27. The third-order valence-electron chi connectivity index (χ3n) is 3.08. The smallest absolute Gasteiger partial charge is 0.251 e. The molecule has 92 valence electrons. The van der Waals surface area contributed by atoms with Crippen LogP contribution in [0.25, 0.3) is 0 Å². The molecule has 1 N–H and O–H groups in total. The number of benzene rings is 1. The van der Waals surface area contributed by atoms with Gasteiger partial charge in [0.25, 0.3) is 5.91 Å². The fourth-order valence-corrected chi connectivity index (χ4v) is 3.02. The standard InChI is InChI=1S/C13H15ClINO/c14-11-6-1-2-7-12(11)16-13(17)9-4-3-5-10(15)8-9/h3-5,8,11-12H,1-2,6-7H2,(H,16,17). The highest BCUT2D eigenvalue weighted by atomic mass is 127. The summed E-state index contributed by atoms with van der Waals surface area (Å²) in [6, 6.07) is 7.72. The minimum Gasteiger partial charge on any atom is -0.348 e. The van der Waals surface area contributed by atoms with Gasteiger partial charge in [0.05, 0.1) is 5.38 Å². The molecular formula is C13H15ClINO. The topological polar surface area (TPSA) is 29.1 Å². The van der Waals surface area contributed by atoms with Crippen LogP contribution in [0.4, 0.5) is 0 Å². The maximum atomic E-state index is 12.0. The van der Waals surface area contributed by atoms with Gasteiger partial charge in [-0.1, -0.05) is 18.9 Å². The lowest BCUT2D eigenvalue weighted by atomic mass is 9.94. The summed E-state index contributed by atoms with van der Waals surface area (Å²) in [5.74, 6) is -0.0129. The van der Waals surface area contributed by atoms with Crippen molar-refractivity contribution < 1.29 is 4.79 Å². The first-order valence-electron chi connectivity index (χ1n) is 5.87. The molecule has 0 aliphatic heterocycles. The third kappa shape index (κ3) is 3.58. The highest BCUT2D eigenvalue weighted by Crippen LogP contribution is 2.23. The van der Waals surface area contributed by atoms with Crippen LogP contribution in [0.15, 0.2) is 24.3 Å². The van der Waals surface area contributed by atoms with Crippen molar-refractivity contribution in [1.29, 1.82) is 0 Å². The Morgan fingerprint density at radius 3 is 2.82 bits per heavy atom. The maximum absolute atomic E-state index is 12.0. The quantitative estimate of drug-likeness (QED) is 0.632. The van der Waals surface area contributed by atoms with Gasteiger partial charge in [-0.25, -0.2) is 0 Å². The van der Waals surface area contributed by atoms with Gasteiger partial charge in [0.2, 0.25) is 0 Å². The fourth-order valence-electron chi connectivity index (χ4n) is 2.13. The summed E-state index contributed by atoms with van der Waals surface area (Å²) in [5.41, 5.74) is 0.714. The molecular weight excluding hydrogens is 349 g/mol. The van der Waals surface area contributed by atoms with Crippen molar-refractivity contribution >= 4 is 40.1 Å².